The Morgan fingerprint density at radius 2 is 1.54 bits per heavy atom. The fourth-order valence-corrected chi connectivity index (χ4v) is 3.77. The Bertz CT molecular complexity index is 1280. The summed E-state index contributed by atoms with van der Waals surface area (Å²) in [6, 6.07) is 26.0. The van der Waals surface area contributed by atoms with E-state index in [0.717, 1.165) is 11.3 Å². The van der Waals surface area contributed by atoms with Crippen LogP contribution in [0.3, 0.4) is 0 Å². The van der Waals surface area contributed by atoms with Crippen molar-refractivity contribution in [3.05, 3.63) is 102 Å². The topological polar surface area (TPSA) is 73.4 Å². The molecule has 4 aromatic rings. The number of rotatable bonds is 7. The molecular formula is C27H27ClN6O. The van der Waals surface area contributed by atoms with E-state index in [2.05, 4.69) is 15.6 Å². The number of carbonyl (C=O) groups is 1. The SMILES string of the molecule is C[C@H](Nc1nccc(N(C(=O)Nc2ccc(Cl)cc2)c2ccccc2N(C)C)n1)c1ccccc1. The van der Waals surface area contributed by atoms with Crippen molar-refractivity contribution in [3.8, 4) is 0 Å². The second kappa shape index (κ2) is 10.9. The van der Waals surface area contributed by atoms with E-state index >= 15 is 0 Å². The monoisotopic (exact) mass is 486 g/mol. The lowest BCUT2D eigenvalue weighted by molar-refractivity contribution is 0.259. The number of amides is 2. The maximum atomic E-state index is 13.6. The molecule has 2 N–H and O–H groups in total. The number of benzene rings is 3. The minimum atomic E-state index is -0.359. The lowest BCUT2D eigenvalue weighted by Crippen LogP contribution is -2.33. The molecule has 7 nitrogen and oxygen atoms in total. The molecule has 4 rings (SSSR count). The summed E-state index contributed by atoms with van der Waals surface area (Å²) in [6.07, 6.45) is 1.64. The van der Waals surface area contributed by atoms with Gasteiger partial charge in [-0.2, -0.15) is 4.98 Å². The lowest BCUT2D eigenvalue weighted by atomic mass is 10.1. The van der Waals surface area contributed by atoms with Gasteiger partial charge in [0.15, 0.2) is 0 Å². The zero-order valence-electron chi connectivity index (χ0n) is 19.8. The largest absolute Gasteiger partial charge is 0.376 e. The summed E-state index contributed by atoms with van der Waals surface area (Å²) in [7, 11) is 3.87. The van der Waals surface area contributed by atoms with Gasteiger partial charge in [0.1, 0.15) is 5.82 Å². The van der Waals surface area contributed by atoms with Crippen molar-refractivity contribution in [2.45, 2.75) is 13.0 Å². The maximum absolute atomic E-state index is 13.6. The van der Waals surface area contributed by atoms with Gasteiger partial charge in [-0.3, -0.25) is 0 Å². The van der Waals surface area contributed by atoms with Crippen molar-refractivity contribution in [2.75, 3.05) is 34.5 Å². The summed E-state index contributed by atoms with van der Waals surface area (Å²) in [5.41, 5.74) is 3.28. The molecule has 0 aliphatic heterocycles. The molecule has 0 aliphatic rings. The fourth-order valence-electron chi connectivity index (χ4n) is 3.64. The Hall–Kier alpha value is -4.10. The van der Waals surface area contributed by atoms with Gasteiger partial charge in [-0.25, -0.2) is 14.7 Å². The number of nitrogens with zero attached hydrogens (tertiary/aromatic N) is 4. The summed E-state index contributed by atoms with van der Waals surface area (Å²) in [5.74, 6) is 0.856. The second-order valence-electron chi connectivity index (χ2n) is 8.17. The minimum absolute atomic E-state index is 0.0168. The van der Waals surface area contributed by atoms with Crippen LogP contribution in [-0.2, 0) is 0 Å². The Morgan fingerprint density at radius 3 is 2.23 bits per heavy atom. The van der Waals surface area contributed by atoms with E-state index in [0.29, 0.717) is 28.2 Å². The van der Waals surface area contributed by atoms with Crippen molar-refractivity contribution in [3.63, 3.8) is 0 Å². The number of carbonyl (C=O) groups excluding carboxylic acids is 1. The van der Waals surface area contributed by atoms with Crippen LogP contribution in [0.1, 0.15) is 18.5 Å². The molecule has 0 fully saturated rings. The predicted molar refractivity (Wildman–Crippen MR) is 144 cm³/mol. The van der Waals surface area contributed by atoms with Crippen LogP contribution < -0.4 is 20.4 Å². The zero-order valence-corrected chi connectivity index (χ0v) is 20.6. The number of aromatic nitrogens is 2. The highest BCUT2D eigenvalue weighted by Crippen LogP contribution is 2.34. The first-order chi connectivity index (χ1) is 16.9. The molecule has 0 bridgehead atoms. The molecule has 178 valence electrons. The van der Waals surface area contributed by atoms with Crippen LogP contribution in [0.25, 0.3) is 0 Å². The van der Waals surface area contributed by atoms with Crippen LogP contribution >= 0.6 is 11.6 Å². The van der Waals surface area contributed by atoms with Crippen LogP contribution in [0.15, 0.2) is 91.1 Å². The molecule has 3 aromatic carbocycles. The summed E-state index contributed by atoms with van der Waals surface area (Å²) >= 11 is 6.01. The zero-order chi connectivity index (χ0) is 24.8. The number of halogens is 1. The smallest absolute Gasteiger partial charge is 0.332 e. The first kappa shape index (κ1) is 24.0. The van der Waals surface area contributed by atoms with Crippen molar-refractivity contribution in [2.24, 2.45) is 0 Å². The van der Waals surface area contributed by atoms with Gasteiger partial charge >= 0.3 is 6.03 Å². The molecule has 35 heavy (non-hydrogen) atoms. The van der Waals surface area contributed by atoms with E-state index in [1.165, 1.54) is 0 Å². The fraction of sp³-hybridized carbons (Fsp3) is 0.148. The van der Waals surface area contributed by atoms with E-state index in [-0.39, 0.29) is 12.1 Å². The average molecular weight is 487 g/mol. The molecule has 0 radical (unpaired) electrons. The van der Waals surface area contributed by atoms with Crippen molar-refractivity contribution in [1.29, 1.82) is 0 Å². The van der Waals surface area contributed by atoms with Crippen LogP contribution in [0.2, 0.25) is 5.02 Å². The van der Waals surface area contributed by atoms with E-state index < -0.39 is 0 Å². The molecule has 0 aliphatic carbocycles. The molecule has 2 amide bonds. The third kappa shape index (κ3) is 5.88. The molecular weight excluding hydrogens is 460 g/mol. The van der Waals surface area contributed by atoms with Crippen LogP contribution in [-0.4, -0.2) is 30.1 Å². The molecule has 8 heteroatoms. The van der Waals surface area contributed by atoms with Crippen molar-refractivity contribution in [1.82, 2.24) is 9.97 Å². The molecule has 0 spiro atoms. The number of urea groups is 1. The Balaban J connectivity index is 1.70. The normalized spacial score (nSPS) is 11.4. The Morgan fingerprint density at radius 1 is 0.886 bits per heavy atom. The van der Waals surface area contributed by atoms with Crippen molar-refractivity contribution < 1.29 is 4.79 Å². The number of nitrogens with one attached hydrogen (secondary N) is 2. The van der Waals surface area contributed by atoms with Gasteiger partial charge in [-0.1, -0.05) is 54.1 Å². The van der Waals surface area contributed by atoms with Crippen LogP contribution in [0.5, 0.6) is 0 Å². The quantitative estimate of drug-likeness (QED) is 0.302. The highest BCUT2D eigenvalue weighted by atomic mass is 35.5. The molecule has 1 atom stereocenters. The van der Waals surface area contributed by atoms with E-state index in [1.807, 2.05) is 80.5 Å². The van der Waals surface area contributed by atoms with Gasteiger partial charge in [0.2, 0.25) is 5.95 Å². The Labute approximate surface area is 210 Å². The van der Waals surface area contributed by atoms with E-state index in [1.54, 1.807) is 41.4 Å². The number of hydrogen-bond donors (Lipinski definition) is 2. The minimum Gasteiger partial charge on any atom is -0.376 e. The molecule has 1 heterocycles. The third-order valence-electron chi connectivity index (χ3n) is 5.42. The summed E-state index contributed by atoms with van der Waals surface area (Å²) in [5, 5.41) is 6.87. The summed E-state index contributed by atoms with van der Waals surface area (Å²) < 4.78 is 0. The van der Waals surface area contributed by atoms with Gasteiger partial charge in [0.05, 0.1) is 17.4 Å². The number of anilines is 5. The number of para-hydroxylation sites is 2. The Kier molecular flexibility index (Phi) is 7.48. The standard InChI is InChI=1S/C27H27ClN6O/c1-19(20-9-5-4-6-10-20)30-26-29-18-17-25(32-26)34(24-12-8-7-11-23(24)33(2)3)27(35)31-22-15-13-21(28)14-16-22/h4-19H,1-3H3,(H,31,35)(H,29,30,32)/t19-/m0/s1. The number of hydrogen-bond acceptors (Lipinski definition) is 5. The molecule has 0 unspecified atom stereocenters. The first-order valence-electron chi connectivity index (χ1n) is 11.2. The van der Waals surface area contributed by atoms with E-state index in [9.17, 15) is 4.79 Å². The first-order valence-corrected chi connectivity index (χ1v) is 11.6. The molecule has 0 saturated carbocycles. The van der Waals surface area contributed by atoms with E-state index in [4.69, 9.17) is 16.6 Å². The van der Waals surface area contributed by atoms with Gasteiger partial charge in [0, 0.05) is 37.1 Å². The summed E-state index contributed by atoms with van der Waals surface area (Å²) in [4.78, 5) is 26.2. The average Bonchev–Trinajstić information content (AvgIpc) is 2.86. The highest BCUT2D eigenvalue weighted by molar-refractivity contribution is 6.30. The van der Waals surface area contributed by atoms with Gasteiger partial charge in [-0.05, 0) is 48.9 Å². The van der Waals surface area contributed by atoms with Crippen LogP contribution in [0, 0.1) is 0 Å². The van der Waals surface area contributed by atoms with Gasteiger partial charge < -0.3 is 15.5 Å². The third-order valence-corrected chi connectivity index (χ3v) is 5.67. The van der Waals surface area contributed by atoms with Gasteiger partial charge in [-0.15, -0.1) is 0 Å². The van der Waals surface area contributed by atoms with Gasteiger partial charge in [0.25, 0.3) is 0 Å². The molecule has 1 aromatic heterocycles. The maximum Gasteiger partial charge on any atom is 0.332 e. The van der Waals surface area contributed by atoms with Crippen molar-refractivity contribution >= 4 is 46.5 Å². The second-order valence-corrected chi connectivity index (χ2v) is 8.61. The molecule has 0 saturated heterocycles. The highest BCUT2D eigenvalue weighted by Gasteiger charge is 2.24. The predicted octanol–water partition coefficient (Wildman–Crippen LogP) is 6.74. The van der Waals surface area contributed by atoms with Crippen LogP contribution in [0.4, 0.5) is 33.6 Å². The summed E-state index contributed by atoms with van der Waals surface area (Å²) in [6.45, 7) is 2.04. The lowest BCUT2D eigenvalue weighted by Gasteiger charge is -2.27.